The fraction of sp³-hybridized carbons (Fsp3) is 0.0556. The van der Waals surface area contributed by atoms with Crippen LogP contribution in [-0.4, -0.2) is 30.5 Å². The van der Waals surface area contributed by atoms with Crippen molar-refractivity contribution in [1.29, 1.82) is 0 Å². The molecule has 0 aliphatic rings. The third-order valence-corrected chi connectivity index (χ3v) is 4.74. The number of nitrogens with zero attached hydrogens (tertiary/aromatic N) is 1. The second kappa shape index (κ2) is 6.93. The lowest BCUT2D eigenvalue weighted by Crippen LogP contribution is -2.25. The van der Waals surface area contributed by atoms with Crippen LogP contribution in [0.5, 0.6) is 0 Å². The van der Waals surface area contributed by atoms with E-state index in [1.165, 1.54) is 18.3 Å². The Bertz CT molecular complexity index is 1110. The Morgan fingerprint density at radius 2 is 1.69 bits per heavy atom. The molecular formula is C18H15N3O4S. The fourth-order valence-corrected chi connectivity index (χ4v) is 2.92. The van der Waals surface area contributed by atoms with E-state index in [0.717, 1.165) is 6.26 Å². The summed E-state index contributed by atoms with van der Waals surface area (Å²) in [5, 5.41) is 2.61. The van der Waals surface area contributed by atoms with Gasteiger partial charge in [-0.2, -0.15) is 0 Å². The van der Waals surface area contributed by atoms with Gasteiger partial charge >= 0.3 is 0 Å². The highest BCUT2D eigenvalue weighted by Gasteiger charge is 2.15. The van der Waals surface area contributed by atoms with Crippen molar-refractivity contribution in [3.8, 4) is 11.3 Å². The van der Waals surface area contributed by atoms with Crippen molar-refractivity contribution in [2.45, 2.75) is 4.90 Å². The number of carbonyl (C=O) groups is 1. The molecule has 132 valence electrons. The lowest BCUT2D eigenvalue weighted by atomic mass is 10.1. The fourth-order valence-electron chi connectivity index (χ4n) is 2.29. The number of aromatic nitrogens is 2. The van der Waals surface area contributed by atoms with Crippen molar-refractivity contribution in [2.75, 3.05) is 11.6 Å². The maximum Gasteiger partial charge on any atom is 0.280 e. The maximum absolute atomic E-state index is 12.3. The molecule has 0 bridgehead atoms. The van der Waals surface area contributed by atoms with Crippen LogP contribution in [0.15, 0.2) is 70.5 Å². The van der Waals surface area contributed by atoms with Crippen LogP contribution in [0.1, 0.15) is 10.5 Å². The molecule has 1 aromatic heterocycles. The van der Waals surface area contributed by atoms with Crippen LogP contribution in [-0.2, 0) is 9.84 Å². The summed E-state index contributed by atoms with van der Waals surface area (Å²) in [5.41, 5.74) is 0.570. The molecule has 0 aliphatic carbocycles. The van der Waals surface area contributed by atoms with E-state index in [1.54, 1.807) is 36.4 Å². The summed E-state index contributed by atoms with van der Waals surface area (Å²) >= 11 is 0. The molecule has 0 fully saturated rings. The van der Waals surface area contributed by atoms with Crippen molar-refractivity contribution in [2.24, 2.45) is 0 Å². The number of benzene rings is 2. The largest absolute Gasteiger partial charge is 0.325 e. The molecule has 26 heavy (non-hydrogen) atoms. The number of H-pyrrole nitrogens is 1. The van der Waals surface area contributed by atoms with Crippen LogP contribution in [0.3, 0.4) is 0 Å². The molecular weight excluding hydrogens is 354 g/mol. The van der Waals surface area contributed by atoms with Gasteiger partial charge in [0.1, 0.15) is 0 Å². The molecule has 1 heterocycles. The predicted molar refractivity (Wildman–Crippen MR) is 97.8 cm³/mol. The first-order chi connectivity index (χ1) is 12.3. The first-order valence-corrected chi connectivity index (χ1v) is 9.50. The van der Waals surface area contributed by atoms with Gasteiger partial charge in [0.15, 0.2) is 15.5 Å². The summed E-state index contributed by atoms with van der Waals surface area (Å²) < 4.78 is 23.1. The minimum absolute atomic E-state index is 0.174. The standard InChI is InChI=1S/C18H15N3O4S/c1-26(24,25)14-9-7-12(8-10-14)15-11-19-17(22)16(21-15)18(23)20-13-5-3-2-4-6-13/h2-11H,1H3,(H,19,22)(H,20,23). The van der Waals surface area contributed by atoms with E-state index < -0.39 is 21.3 Å². The Kier molecular flexibility index (Phi) is 4.68. The third kappa shape index (κ3) is 3.86. The highest BCUT2D eigenvalue weighted by molar-refractivity contribution is 7.90. The Morgan fingerprint density at radius 1 is 1.04 bits per heavy atom. The average Bonchev–Trinajstić information content (AvgIpc) is 2.62. The summed E-state index contributed by atoms with van der Waals surface area (Å²) in [6.45, 7) is 0. The molecule has 0 radical (unpaired) electrons. The van der Waals surface area contributed by atoms with E-state index in [4.69, 9.17) is 0 Å². The topological polar surface area (TPSA) is 109 Å². The Hall–Kier alpha value is -3.26. The molecule has 3 aromatic rings. The number of nitrogens with one attached hydrogen (secondary N) is 2. The molecule has 0 spiro atoms. The number of amides is 1. The van der Waals surface area contributed by atoms with Crippen LogP contribution >= 0.6 is 0 Å². The number of anilines is 1. The lowest BCUT2D eigenvalue weighted by Gasteiger charge is -2.06. The SMILES string of the molecule is CS(=O)(=O)c1ccc(-c2c[nH]c(=O)c(C(=O)Nc3ccccc3)n2)cc1. The first-order valence-electron chi connectivity index (χ1n) is 7.61. The van der Waals surface area contributed by atoms with Gasteiger partial charge in [-0.25, -0.2) is 13.4 Å². The number of hydrogen-bond acceptors (Lipinski definition) is 5. The van der Waals surface area contributed by atoms with Crippen LogP contribution in [0.25, 0.3) is 11.3 Å². The van der Waals surface area contributed by atoms with Crippen molar-refractivity contribution in [3.05, 3.63) is 76.8 Å². The van der Waals surface area contributed by atoms with Gasteiger partial charge in [0.25, 0.3) is 11.5 Å². The second-order valence-electron chi connectivity index (χ2n) is 5.58. The lowest BCUT2D eigenvalue weighted by molar-refractivity contribution is 0.102. The molecule has 3 rings (SSSR count). The predicted octanol–water partition coefficient (Wildman–Crippen LogP) is 2.09. The molecule has 2 aromatic carbocycles. The van der Waals surface area contributed by atoms with E-state index in [-0.39, 0.29) is 10.6 Å². The van der Waals surface area contributed by atoms with Gasteiger partial charge in [0, 0.05) is 23.7 Å². The average molecular weight is 369 g/mol. The first kappa shape index (κ1) is 17.6. The van der Waals surface area contributed by atoms with Crippen LogP contribution in [0.4, 0.5) is 5.69 Å². The molecule has 1 amide bonds. The second-order valence-corrected chi connectivity index (χ2v) is 7.60. The zero-order valence-electron chi connectivity index (χ0n) is 13.8. The van der Waals surface area contributed by atoms with E-state index >= 15 is 0 Å². The number of sulfone groups is 1. The zero-order chi connectivity index (χ0) is 18.7. The van der Waals surface area contributed by atoms with Crippen molar-refractivity contribution >= 4 is 21.4 Å². The molecule has 0 unspecified atom stereocenters. The minimum atomic E-state index is -3.31. The third-order valence-electron chi connectivity index (χ3n) is 3.61. The van der Waals surface area contributed by atoms with E-state index in [9.17, 15) is 18.0 Å². The summed E-state index contributed by atoms with van der Waals surface area (Å²) in [6, 6.07) is 14.7. The quantitative estimate of drug-likeness (QED) is 0.732. The van der Waals surface area contributed by atoms with E-state index in [0.29, 0.717) is 16.9 Å². The zero-order valence-corrected chi connectivity index (χ0v) is 14.6. The molecule has 8 heteroatoms. The van der Waals surface area contributed by atoms with Crippen molar-refractivity contribution in [1.82, 2.24) is 9.97 Å². The molecule has 2 N–H and O–H groups in total. The van der Waals surface area contributed by atoms with Crippen molar-refractivity contribution in [3.63, 3.8) is 0 Å². The molecule has 0 atom stereocenters. The van der Waals surface area contributed by atoms with Crippen LogP contribution in [0, 0.1) is 0 Å². The summed E-state index contributed by atoms with van der Waals surface area (Å²) in [6.07, 6.45) is 2.49. The van der Waals surface area contributed by atoms with Crippen LogP contribution < -0.4 is 10.9 Å². The van der Waals surface area contributed by atoms with E-state index in [2.05, 4.69) is 15.3 Å². The van der Waals surface area contributed by atoms with Gasteiger partial charge in [-0.05, 0) is 24.3 Å². The molecule has 0 saturated carbocycles. The normalized spacial score (nSPS) is 11.1. The van der Waals surface area contributed by atoms with Gasteiger partial charge in [0.05, 0.1) is 10.6 Å². The minimum Gasteiger partial charge on any atom is -0.325 e. The van der Waals surface area contributed by atoms with Crippen LogP contribution in [0.2, 0.25) is 0 Å². The van der Waals surface area contributed by atoms with Gasteiger partial charge in [0.2, 0.25) is 0 Å². The molecule has 0 aliphatic heterocycles. The Balaban J connectivity index is 1.92. The Morgan fingerprint density at radius 3 is 2.31 bits per heavy atom. The van der Waals surface area contributed by atoms with Crippen molar-refractivity contribution < 1.29 is 13.2 Å². The Labute approximate surface area is 149 Å². The monoisotopic (exact) mass is 369 g/mol. The smallest absolute Gasteiger partial charge is 0.280 e. The van der Waals surface area contributed by atoms with Gasteiger partial charge in [-0.15, -0.1) is 0 Å². The summed E-state index contributed by atoms with van der Waals surface area (Å²) in [5.74, 6) is -0.632. The van der Waals surface area contributed by atoms with Gasteiger partial charge in [-0.1, -0.05) is 30.3 Å². The number of hydrogen-bond donors (Lipinski definition) is 2. The van der Waals surface area contributed by atoms with Gasteiger partial charge in [-0.3, -0.25) is 9.59 Å². The van der Waals surface area contributed by atoms with E-state index in [1.807, 2.05) is 6.07 Å². The summed E-state index contributed by atoms with van der Waals surface area (Å²) in [7, 11) is -3.31. The highest BCUT2D eigenvalue weighted by Crippen LogP contribution is 2.19. The number of carbonyl (C=O) groups excluding carboxylic acids is 1. The highest BCUT2D eigenvalue weighted by atomic mass is 32.2. The molecule has 0 saturated heterocycles. The summed E-state index contributed by atoms with van der Waals surface area (Å²) in [4.78, 5) is 31.1. The number of para-hydroxylation sites is 1. The number of rotatable bonds is 4. The van der Waals surface area contributed by atoms with Gasteiger partial charge < -0.3 is 10.3 Å². The molecule has 7 nitrogen and oxygen atoms in total. The number of aromatic amines is 1. The maximum atomic E-state index is 12.3.